The summed E-state index contributed by atoms with van der Waals surface area (Å²) in [6, 6.07) is 8.10. The van der Waals surface area contributed by atoms with Gasteiger partial charge in [-0.25, -0.2) is 4.98 Å². The molecule has 2 fully saturated rings. The van der Waals surface area contributed by atoms with Crippen LogP contribution in [0.2, 0.25) is 0 Å². The number of oxime groups is 1. The Kier molecular flexibility index (Phi) is 3.32. The van der Waals surface area contributed by atoms with E-state index in [9.17, 15) is 9.18 Å². The molecule has 2 aliphatic carbocycles. The second-order valence-electron chi connectivity index (χ2n) is 7.15. The van der Waals surface area contributed by atoms with Crippen LogP contribution in [0.3, 0.4) is 0 Å². The highest BCUT2D eigenvalue weighted by atomic mass is 19.1. The highest BCUT2D eigenvalue weighted by Gasteiger charge is 2.69. The van der Waals surface area contributed by atoms with E-state index in [1.54, 1.807) is 18.5 Å². The molecule has 5 rings (SSSR count). The second-order valence-corrected chi connectivity index (χ2v) is 7.15. The van der Waals surface area contributed by atoms with Crippen LogP contribution in [-0.4, -0.2) is 27.2 Å². The van der Waals surface area contributed by atoms with Crippen molar-refractivity contribution in [2.45, 2.75) is 24.9 Å². The number of carbonyl (C=O) groups excluding carboxylic acids is 1. The molecule has 1 aliphatic heterocycles. The number of fused-ring (bicyclic) bond motifs is 5. The molecule has 0 saturated heterocycles. The maximum absolute atomic E-state index is 13.4. The lowest BCUT2D eigenvalue weighted by Gasteiger charge is -2.35. The minimum atomic E-state index is -1.04. The largest absolute Gasteiger partial charge is 0.378 e. The molecule has 2 saturated carbocycles. The molecule has 0 aromatic carbocycles. The van der Waals surface area contributed by atoms with E-state index >= 15 is 0 Å². The summed E-state index contributed by atoms with van der Waals surface area (Å²) in [6.07, 6.45) is 6.38. The predicted molar refractivity (Wildman–Crippen MR) is 91.7 cm³/mol. The monoisotopic (exact) mass is 352 g/mol. The fourth-order valence-electron chi connectivity index (χ4n) is 4.86. The summed E-state index contributed by atoms with van der Waals surface area (Å²) in [5, 5.41) is 7.04. The van der Waals surface area contributed by atoms with Crippen LogP contribution >= 0.6 is 0 Å². The van der Waals surface area contributed by atoms with E-state index in [2.05, 4.69) is 20.4 Å². The lowest BCUT2D eigenvalue weighted by molar-refractivity contribution is -0.149. The Morgan fingerprint density at radius 1 is 1.27 bits per heavy atom. The van der Waals surface area contributed by atoms with Gasteiger partial charge in [-0.1, -0.05) is 11.2 Å². The maximum Gasteiger partial charge on any atom is 0.273 e. The molecule has 1 N–H and O–H groups in total. The number of hydrogen-bond acceptors (Lipinski definition) is 5. The van der Waals surface area contributed by atoms with E-state index < -0.39 is 11.5 Å². The fraction of sp³-hybridized carbons (Fsp3) is 0.368. The zero-order valence-corrected chi connectivity index (χ0v) is 13.9. The third kappa shape index (κ3) is 2.09. The summed E-state index contributed by atoms with van der Waals surface area (Å²) in [6.45, 7) is 0. The van der Waals surface area contributed by atoms with Gasteiger partial charge in [0.1, 0.15) is 5.82 Å². The number of carbonyl (C=O) groups is 1. The summed E-state index contributed by atoms with van der Waals surface area (Å²) in [5.74, 6) is -0.403. The maximum atomic E-state index is 13.4. The topological polar surface area (TPSA) is 76.5 Å². The quantitative estimate of drug-likeness (QED) is 0.862. The van der Waals surface area contributed by atoms with Gasteiger partial charge in [-0.15, -0.1) is 0 Å². The molecule has 4 atom stereocenters. The Morgan fingerprint density at radius 2 is 2.19 bits per heavy atom. The highest BCUT2D eigenvalue weighted by molar-refractivity contribution is 6.10. The van der Waals surface area contributed by atoms with Crippen molar-refractivity contribution in [1.82, 2.24) is 9.97 Å². The Labute approximate surface area is 149 Å². The number of nitrogens with zero attached hydrogens (tertiary/aromatic N) is 3. The van der Waals surface area contributed by atoms with Crippen molar-refractivity contribution in [3.05, 3.63) is 54.2 Å². The Morgan fingerprint density at radius 3 is 3.00 bits per heavy atom. The summed E-state index contributed by atoms with van der Waals surface area (Å²) < 4.78 is 13.4. The summed E-state index contributed by atoms with van der Waals surface area (Å²) in [7, 11) is 0. The second kappa shape index (κ2) is 5.59. The molecule has 2 aromatic rings. The molecule has 3 aliphatic rings. The molecule has 7 heteroatoms. The molecule has 3 heterocycles. The molecule has 1 amide bonds. The van der Waals surface area contributed by atoms with Gasteiger partial charge in [-0.05, 0) is 49.4 Å². The Balaban J connectivity index is 1.50. The van der Waals surface area contributed by atoms with Gasteiger partial charge in [0.2, 0.25) is 11.5 Å². The smallest absolute Gasteiger partial charge is 0.273 e. The normalized spacial score (nSPS) is 31.3. The zero-order valence-electron chi connectivity index (χ0n) is 13.9. The molecule has 0 radical (unpaired) electrons. The van der Waals surface area contributed by atoms with E-state index in [1.165, 1.54) is 12.1 Å². The van der Waals surface area contributed by atoms with Crippen LogP contribution in [0.4, 0.5) is 10.2 Å². The van der Waals surface area contributed by atoms with Gasteiger partial charge in [-0.3, -0.25) is 9.78 Å². The molecule has 2 aromatic heterocycles. The van der Waals surface area contributed by atoms with Crippen LogP contribution in [0.1, 0.15) is 24.8 Å². The number of anilines is 1. The van der Waals surface area contributed by atoms with E-state index in [1.807, 2.05) is 12.1 Å². The van der Waals surface area contributed by atoms with Crippen LogP contribution in [0, 0.1) is 23.7 Å². The van der Waals surface area contributed by atoms with Gasteiger partial charge in [0, 0.05) is 23.9 Å². The number of pyridine rings is 2. The minimum Gasteiger partial charge on any atom is -0.378 e. The van der Waals surface area contributed by atoms with Gasteiger partial charge in [0.25, 0.3) is 5.91 Å². The lowest BCUT2D eigenvalue weighted by Crippen LogP contribution is -2.53. The van der Waals surface area contributed by atoms with Crippen molar-refractivity contribution in [1.29, 1.82) is 0 Å². The average Bonchev–Trinajstić information content (AvgIpc) is 3.34. The van der Waals surface area contributed by atoms with E-state index in [4.69, 9.17) is 4.84 Å². The van der Waals surface area contributed by atoms with E-state index in [0.29, 0.717) is 5.92 Å². The summed E-state index contributed by atoms with van der Waals surface area (Å²) >= 11 is 0. The van der Waals surface area contributed by atoms with Crippen LogP contribution in [0.15, 0.2) is 47.9 Å². The molecule has 132 valence electrons. The molecule has 0 unspecified atom stereocenters. The van der Waals surface area contributed by atoms with E-state index in [-0.39, 0.29) is 23.6 Å². The van der Waals surface area contributed by atoms with Crippen LogP contribution in [-0.2, 0) is 9.63 Å². The first-order chi connectivity index (χ1) is 12.7. The fourth-order valence-corrected chi connectivity index (χ4v) is 4.86. The van der Waals surface area contributed by atoms with Gasteiger partial charge in [0.05, 0.1) is 11.6 Å². The van der Waals surface area contributed by atoms with Crippen LogP contribution < -0.4 is 5.32 Å². The number of amides is 1. The number of rotatable bonds is 3. The number of hydrogen-bond donors (Lipinski definition) is 1. The molecule has 0 spiro atoms. The number of aromatic nitrogens is 2. The number of halogens is 1. The average molecular weight is 352 g/mol. The van der Waals surface area contributed by atoms with Gasteiger partial charge in [0.15, 0.2) is 0 Å². The van der Waals surface area contributed by atoms with Crippen molar-refractivity contribution in [2.24, 2.45) is 22.9 Å². The zero-order chi connectivity index (χ0) is 17.7. The third-order valence-corrected chi connectivity index (χ3v) is 5.87. The summed E-state index contributed by atoms with van der Waals surface area (Å²) in [4.78, 5) is 27.0. The number of nitrogens with one attached hydrogen (secondary N) is 1. The highest BCUT2D eigenvalue weighted by Crippen LogP contribution is 2.60. The van der Waals surface area contributed by atoms with Crippen molar-refractivity contribution < 1.29 is 14.0 Å². The summed E-state index contributed by atoms with van der Waals surface area (Å²) in [5.41, 5.74) is 0.624. The van der Waals surface area contributed by atoms with Crippen molar-refractivity contribution in [3.63, 3.8) is 0 Å². The SMILES string of the molecule is O=C(Nc1cccc(F)n1)[C@]12ON=C(c3cccnc3)[C@H]1[C@@H]1CC[C@H]2C1. The van der Waals surface area contributed by atoms with Crippen LogP contribution in [0.5, 0.6) is 0 Å². The standard InChI is InChI=1S/C19H17FN4O2/c20-14-4-1-5-15(22-14)23-18(25)19-13-7-6-11(9-13)16(19)17(24-26-19)12-3-2-8-21-10-12/h1-5,8,10-11,13,16H,6-7,9H2,(H,22,23,25)/t11-,13+,16-,19-/m1/s1. The van der Waals surface area contributed by atoms with Crippen molar-refractivity contribution in [3.8, 4) is 0 Å². The van der Waals surface area contributed by atoms with Crippen molar-refractivity contribution >= 4 is 17.4 Å². The minimum absolute atomic E-state index is 0.101. The molecular formula is C19H17FN4O2. The Hall–Kier alpha value is -2.83. The van der Waals surface area contributed by atoms with Gasteiger partial charge >= 0.3 is 0 Å². The first-order valence-electron chi connectivity index (χ1n) is 8.79. The molecule has 2 bridgehead atoms. The Bertz CT molecular complexity index is 903. The lowest BCUT2D eigenvalue weighted by atomic mass is 9.72. The van der Waals surface area contributed by atoms with Gasteiger partial charge in [-0.2, -0.15) is 4.39 Å². The third-order valence-electron chi connectivity index (χ3n) is 5.87. The van der Waals surface area contributed by atoms with Gasteiger partial charge < -0.3 is 10.2 Å². The first-order valence-corrected chi connectivity index (χ1v) is 8.79. The van der Waals surface area contributed by atoms with Crippen LogP contribution in [0.25, 0.3) is 0 Å². The predicted octanol–water partition coefficient (Wildman–Crippen LogP) is 2.77. The molecule has 26 heavy (non-hydrogen) atoms. The first kappa shape index (κ1) is 15.4. The van der Waals surface area contributed by atoms with E-state index in [0.717, 1.165) is 30.5 Å². The molecular weight excluding hydrogens is 335 g/mol. The molecule has 6 nitrogen and oxygen atoms in total. The van der Waals surface area contributed by atoms with Crippen molar-refractivity contribution in [2.75, 3.05) is 5.32 Å².